The first-order valence-electron chi connectivity index (χ1n) is 7.98. The minimum atomic E-state index is 0.576. The number of aryl methyl sites for hydroxylation is 2. The Morgan fingerprint density at radius 3 is 2.67 bits per heavy atom. The standard InChI is InChI=1S/C17H26N6O/c1-13-8-6-7-9-15(13)24-11-10-22(4)17(18-3)19-12-16-21-20-14(2)23(16)5/h6-9H,10-12H2,1-5H3,(H,18,19). The molecule has 0 aliphatic heterocycles. The summed E-state index contributed by atoms with van der Waals surface area (Å²) < 4.78 is 7.80. The first-order valence-corrected chi connectivity index (χ1v) is 7.98. The van der Waals surface area contributed by atoms with Gasteiger partial charge in [-0.3, -0.25) is 4.99 Å². The molecule has 2 aromatic rings. The van der Waals surface area contributed by atoms with Crippen LogP contribution in [0.3, 0.4) is 0 Å². The number of rotatable bonds is 6. The van der Waals surface area contributed by atoms with Crippen molar-refractivity contribution in [2.24, 2.45) is 12.0 Å². The molecule has 0 aliphatic carbocycles. The lowest BCUT2D eigenvalue weighted by molar-refractivity contribution is 0.279. The molecule has 24 heavy (non-hydrogen) atoms. The van der Waals surface area contributed by atoms with Crippen molar-refractivity contribution in [1.29, 1.82) is 0 Å². The molecule has 1 N–H and O–H groups in total. The van der Waals surface area contributed by atoms with Crippen molar-refractivity contribution in [3.63, 3.8) is 0 Å². The fraction of sp³-hybridized carbons (Fsp3) is 0.471. The molecule has 2 rings (SSSR count). The Bertz CT molecular complexity index is 694. The van der Waals surface area contributed by atoms with Gasteiger partial charge in [-0.25, -0.2) is 0 Å². The van der Waals surface area contributed by atoms with Crippen LogP contribution in [0, 0.1) is 13.8 Å². The van der Waals surface area contributed by atoms with E-state index in [-0.39, 0.29) is 0 Å². The summed E-state index contributed by atoms with van der Waals surface area (Å²) in [6, 6.07) is 8.02. The number of nitrogens with one attached hydrogen (secondary N) is 1. The Morgan fingerprint density at radius 2 is 2.04 bits per heavy atom. The number of para-hydroxylation sites is 1. The highest BCUT2D eigenvalue weighted by Crippen LogP contribution is 2.15. The van der Waals surface area contributed by atoms with Gasteiger partial charge in [-0.1, -0.05) is 18.2 Å². The molecular weight excluding hydrogens is 304 g/mol. The maximum atomic E-state index is 5.84. The second kappa shape index (κ2) is 8.33. The smallest absolute Gasteiger partial charge is 0.193 e. The van der Waals surface area contributed by atoms with Crippen LogP contribution in [-0.4, -0.2) is 52.9 Å². The molecule has 0 saturated carbocycles. The fourth-order valence-electron chi connectivity index (χ4n) is 2.26. The van der Waals surface area contributed by atoms with Crippen molar-refractivity contribution >= 4 is 5.96 Å². The highest BCUT2D eigenvalue weighted by atomic mass is 16.5. The van der Waals surface area contributed by atoms with Crippen LogP contribution in [-0.2, 0) is 13.6 Å². The quantitative estimate of drug-likeness (QED) is 0.642. The van der Waals surface area contributed by atoms with E-state index < -0.39 is 0 Å². The molecule has 1 aromatic heterocycles. The normalized spacial score (nSPS) is 11.5. The third-order valence-electron chi connectivity index (χ3n) is 3.94. The van der Waals surface area contributed by atoms with Gasteiger partial charge in [0.1, 0.15) is 18.2 Å². The topological polar surface area (TPSA) is 67.6 Å². The second-order valence-corrected chi connectivity index (χ2v) is 5.66. The number of benzene rings is 1. The summed E-state index contributed by atoms with van der Waals surface area (Å²) in [5, 5.41) is 11.5. The molecule has 130 valence electrons. The molecule has 0 saturated heterocycles. The van der Waals surface area contributed by atoms with E-state index in [1.807, 2.05) is 61.7 Å². The molecule has 1 aromatic carbocycles. The lowest BCUT2D eigenvalue weighted by atomic mass is 10.2. The molecule has 0 radical (unpaired) electrons. The van der Waals surface area contributed by atoms with Crippen molar-refractivity contribution in [3.05, 3.63) is 41.5 Å². The monoisotopic (exact) mass is 330 g/mol. The van der Waals surface area contributed by atoms with Crippen LogP contribution >= 0.6 is 0 Å². The lowest BCUT2D eigenvalue weighted by Gasteiger charge is -2.22. The van der Waals surface area contributed by atoms with Crippen molar-refractivity contribution < 1.29 is 4.74 Å². The van der Waals surface area contributed by atoms with E-state index in [1.54, 1.807) is 7.05 Å². The average Bonchev–Trinajstić information content (AvgIpc) is 2.89. The van der Waals surface area contributed by atoms with E-state index in [1.165, 1.54) is 0 Å². The molecule has 0 aliphatic rings. The largest absolute Gasteiger partial charge is 0.491 e. The molecule has 0 spiro atoms. The van der Waals surface area contributed by atoms with Gasteiger partial charge in [0.15, 0.2) is 11.8 Å². The molecule has 0 atom stereocenters. The zero-order valence-corrected chi connectivity index (χ0v) is 15.1. The van der Waals surface area contributed by atoms with Gasteiger partial charge in [0.25, 0.3) is 0 Å². The van der Waals surface area contributed by atoms with Crippen LogP contribution in [0.15, 0.2) is 29.3 Å². The third kappa shape index (κ3) is 4.47. The summed E-state index contributed by atoms with van der Waals surface area (Å²) in [7, 11) is 5.70. The third-order valence-corrected chi connectivity index (χ3v) is 3.94. The molecule has 0 fully saturated rings. The molecule has 0 bridgehead atoms. The van der Waals surface area contributed by atoms with Crippen LogP contribution in [0.1, 0.15) is 17.2 Å². The zero-order valence-electron chi connectivity index (χ0n) is 15.1. The van der Waals surface area contributed by atoms with Crippen LogP contribution in [0.25, 0.3) is 0 Å². The van der Waals surface area contributed by atoms with Gasteiger partial charge in [-0.2, -0.15) is 0 Å². The molecular formula is C17H26N6O. The molecule has 7 nitrogen and oxygen atoms in total. The van der Waals surface area contributed by atoms with Gasteiger partial charge in [0, 0.05) is 21.1 Å². The maximum absolute atomic E-state index is 5.84. The Morgan fingerprint density at radius 1 is 1.29 bits per heavy atom. The number of ether oxygens (including phenoxy) is 1. The summed E-state index contributed by atoms with van der Waals surface area (Å²) in [6.45, 7) is 5.87. The molecule has 0 amide bonds. The van der Waals surface area contributed by atoms with Gasteiger partial charge in [-0.05, 0) is 25.5 Å². The number of guanidine groups is 1. The predicted molar refractivity (Wildman–Crippen MR) is 95.2 cm³/mol. The van der Waals surface area contributed by atoms with Gasteiger partial charge >= 0.3 is 0 Å². The Kier molecular flexibility index (Phi) is 6.17. The summed E-state index contributed by atoms with van der Waals surface area (Å²) in [6.07, 6.45) is 0. The SMILES string of the molecule is CN=C(NCc1nnc(C)n1C)N(C)CCOc1ccccc1C. The van der Waals surface area contributed by atoms with Gasteiger partial charge < -0.3 is 19.5 Å². The van der Waals surface area contributed by atoms with E-state index in [0.29, 0.717) is 13.2 Å². The van der Waals surface area contributed by atoms with Gasteiger partial charge in [-0.15, -0.1) is 10.2 Å². The van der Waals surface area contributed by atoms with E-state index in [4.69, 9.17) is 4.74 Å². The highest BCUT2D eigenvalue weighted by Gasteiger charge is 2.09. The van der Waals surface area contributed by atoms with Crippen LogP contribution in [0.5, 0.6) is 5.75 Å². The number of aromatic nitrogens is 3. The van der Waals surface area contributed by atoms with E-state index in [2.05, 4.69) is 20.5 Å². The van der Waals surface area contributed by atoms with Crippen LogP contribution < -0.4 is 10.1 Å². The summed E-state index contributed by atoms with van der Waals surface area (Å²) in [5.41, 5.74) is 1.14. The molecule has 0 unspecified atom stereocenters. The lowest BCUT2D eigenvalue weighted by Crippen LogP contribution is -2.40. The van der Waals surface area contributed by atoms with Crippen LogP contribution in [0.4, 0.5) is 0 Å². The molecule has 7 heteroatoms. The first kappa shape index (κ1) is 17.8. The van der Waals surface area contributed by atoms with E-state index in [0.717, 1.165) is 35.5 Å². The summed E-state index contributed by atoms with van der Waals surface area (Å²) >= 11 is 0. The van der Waals surface area contributed by atoms with Gasteiger partial charge in [0.2, 0.25) is 0 Å². The first-order chi connectivity index (χ1) is 11.5. The second-order valence-electron chi connectivity index (χ2n) is 5.66. The van der Waals surface area contributed by atoms with Crippen molar-refractivity contribution in [1.82, 2.24) is 25.0 Å². The van der Waals surface area contributed by atoms with E-state index in [9.17, 15) is 0 Å². The van der Waals surface area contributed by atoms with Crippen LogP contribution in [0.2, 0.25) is 0 Å². The van der Waals surface area contributed by atoms with Crippen molar-refractivity contribution in [2.75, 3.05) is 27.2 Å². The summed E-state index contributed by atoms with van der Waals surface area (Å²) in [5.74, 6) is 3.48. The number of hydrogen-bond acceptors (Lipinski definition) is 4. The number of nitrogens with zero attached hydrogens (tertiary/aromatic N) is 5. The molecule has 1 heterocycles. The van der Waals surface area contributed by atoms with Crippen molar-refractivity contribution in [3.8, 4) is 5.75 Å². The minimum absolute atomic E-state index is 0.576. The zero-order chi connectivity index (χ0) is 17.5. The highest BCUT2D eigenvalue weighted by molar-refractivity contribution is 5.79. The van der Waals surface area contributed by atoms with E-state index >= 15 is 0 Å². The van der Waals surface area contributed by atoms with Crippen molar-refractivity contribution in [2.45, 2.75) is 20.4 Å². The average molecular weight is 330 g/mol. The minimum Gasteiger partial charge on any atom is -0.491 e. The Hall–Kier alpha value is -2.57. The predicted octanol–water partition coefficient (Wildman–Crippen LogP) is 1.52. The maximum Gasteiger partial charge on any atom is 0.193 e. The number of aliphatic imine (C=N–C) groups is 1. The summed E-state index contributed by atoms with van der Waals surface area (Å²) in [4.78, 5) is 6.33. The Labute approximate surface area is 143 Å². The Balaban J connectivity index is 1.82. The van der Waals surface area contributed by atoms with Gasteiger partial charge in [0.05, 0.1) is 13.1 Å². The number of hydrogen-bond donors (Lipinski definition) is 1. The fourth-order valence-corrected chi connectivity index (χ4v) is 2.26. The number of likely N-dealkylation sites (N-methyl/N-ethyl adjacent to an activating group) is 1.